The third-order valence-electron chi connectivity index (χ3n) is 3.46. The normalized spacial score (nSPS) is 18.1. The van der Waals surface area contributed by atoms with Gasteiger partial charge in [-0.15, -0.1) is 0 Å². The molecule has 0 spiro atoms. The van der Waals surface area contributed by atoms with Crippen molar-refractivity contribution in [3.8, 4) is 0 Å². The zero-order valence-electron chi connectivity index (χ0n) is 10.8. The van der Waals surface area contributed by atoms with Gasteiger partial charge in [-0.3, -0.25) is 4.79 Å². The third-order valence-corrected chi connectivity index (χ3v) is 3.46. The summed E-state index contributed by atoms with van der Waals surface area (Å²) in [7, 11) is 0. The van der Waals surface area contributed by atoms with Crippen LogP contribution in [-0.2, 0) is 4.79 Å². The Kier molecular flexibility index (Phi) is 4.39. The number of rotatable bonds is 3. The highest BCUT2D eigenvalue weighted by Crippen LogP contribution is 2.21. The molecule has 0 bridgehead atoms. The molecule has 1 aliphatic rings. The Balaban J connectivity index is 2.25. The van der Waals surface area contributed by atoms with Crippen molar-refractivity contribution in [1.29, 1.82) is 0 Å². The molecule has 1 heterocycles. The standard InChI is InChI=1S/C14H19N3O2/c15-13(16-19)12(11-7-3-1-4-8-11)14(18)17-9-5-2-6-10-17/h1,3-4,7-8,12,19H,2,5-6,9-10H2,(H2,15,16). The number of benzene rings is 1. The van der Waals surface area contributed by atoms with Crippen molar-refractivity contribution in [3.63, 3.8) is 0 Å². The molecule has 1 aliphatic heterocycles. The number of carbonyl (C=O) groups is 1. The predicted octanol–water partition coefficient (Wildman–Crippen LogP) is 1.53. The Morgan fingerprint density at radius 3 is 2.42 bits per heavy atom. The van der Waals surface area contributed by atoms with Gasteiger partial charge in [-0.2, -0.15) is 0 Å². The van der Waals surface area contributed by atoms with Crippen molar-refractivity contribution in [2.45, 2.75) is 25.2 Å². The van der Waals surface area contributed by atoms with Crippen LogP contribution in [0.5, 0.6) is 0 Å². The molecule has 2 rings (SSSR count). The highest BCUT2D eigenvalue weighted by Gasteiger charge is 2.30. The Bertz CT molecular complexity index is 453. The number of hydrogen-bond acceptors (Lipinski definition) is 3. The summed E-state index contributed by atoms with van der Waals surface area (Å²) in [6, 6.07) is 9.21. The third kappa shape index (κ3) is 3.05. The maximum absolute atomic E-state index is 12.6. The summed E-state index contributed by atoms with van der Waals surface area (Å²) in [5.74, 6) is -0.827. The molecule has 1 amide bonds. The van der Waals surface area contributed by atoms with Gasteiger partial charge >= 0.3 is 0 Å². The zero-order chi connectivity index (χ0) is 13.7. The van der Waals surface area contributed by atoms with Crippen molar-refractivity contribution in [2.24, 2.45) is 10.9 Å². The number of amides is 1. The minimum Gasteiger partial charge on any atom is -0.409 e. The summed E-state index contributed by atoms with van der Waals surface area (Å²) < 4.78 is 0. The lowest BCUT2D eigenvalue weighted by Crippen LogP contribution is -2.43. The number of amidine groups is 1. The second kappa shape index (κ2) is 6.22. The average molecular weight is 261 g/mol. The lowest BCUT2D eigenvalue weighted by molar-refractivity contribution is -0.132. The van der Waals surface area contributed by atoms with Gasteiger partial charge in [0.1, 0.15) is 5.92 Å². The first kappa shape index (κ1) is 13.4. The molecule has 1 fully saturated rings. The smallest absolute Gasteiger partial charge is 0.237 e. The number of nitrogens with zero attached hydrogens (tertiary/aromatic N) is 2. The van der Waals surface area contributed by atoms with E-state index in [0.717, 1.165) is 37.9 Å². The van der Waals surface area contributed by atoms with E-state index in [2.05, 4.69) is 5.16 Å². The van der Waals surface area contributed by atoms with Crippen molar-refractivity contribution in [3.05, 3.63) is 35.9 Å². The van der Waals surface area contributed by atoms with E-state index in [1.54, 1.807) is 4.90 Å². The molecule has 1 unspecified atom stereocenters. The molecule has 19 heavy (non-hydrogen) atoms. The van der Waals surface area contributed by atoms with Crippen molar-refractivity contribution >= 4 is 11.7 Å². The van der Waals surface area contributed by atoms with E-state index in [1.807, 2.05) is 30.3 Å². The van der Waals surface area contributed by atoms with Gasteiger partial charge in [0.25, 0.3) is 0 Å². The van der Waals surface area contributed by atoms with Gasteiger partial charge in [0.2, 0.25) is 5.91 Å². The first-order chi connectivity index (χ1) is 9.24. The van der Waals surface area contributed by atoms with Gasteiger partial charge in [0.05, 0.1) is 0 Å². The van der Waals surface area contributed by atoms with E-state index < -0.39 is 5.92 Å². The topological polar surface area (TPSA) is 78.9 Å². The van der Waals surface area contributed by atoms with Crippen LogP contribution < -0.4 is 5.73 Å². The molecular formula is C14H19N3O2. The van der Waals surface area contributed by atoms with Crippen LogP contribution in [0.2, 0.25) is 0 Å². The fraction of sp³-hybridized carbons (Fsp3) is 0.429. The van der Waals surface area contributed by atoms with Crippen LogP contribution >= 0.6 is 0 Å². The van der Waals surface area contributed by atoms with Crippen molar-refractivity contribution < 1.29 is 10.0 Å². The maximum atomic E-state index is 12.6. The molecule has 0 aromatic heterocycles. The van der Waals surface area contributed by atoms with Gasteiger partial charge in [-0.05, 0) is 24.8 Å². The van der Waals surface area contributed by atoms with Crippen LogP contribution in [0, 0.1) is 0 Å². The number of carbonyl (C=O) groups excluding carboxylic acids is 1. The number of oxime groups is 1. The van der Waals surface area contributed by atoms with Crippen LogP contribution in [0.1, 0.15) is 30.7 Å². The summed E-state index contributed by atoms with van der Waals surface area (Å²) in [6.45, 7) is 1.50. The summed E-state index contributed by atoms with van der Waals surface area (Å²) in [5, 5.41) is 11.9. The van der Waals surface area contributed by atoms with Gasteiger partial charge in [0.15, 0.2) is 5.84 Å². The fourth-order valence-corrected chi connectivity index (χ4v) is 2.44. The van der Waals surface area contributed by atoms with Crippen molar-refractivity contribution in [2.75, 3.05) is 13.1 Å². The Labute approximate surface area is 112 Å². The summed E-state index contributed by atoms with van der Waals surface area (Å²) in [6.07, 6.45) is 3.19. The minimum absolute atomic E-state index is 0.0539. The van der Waals surface area contributed by atoms with Crippen LogP contribution in [0.3, 0.4) is 0 Å². The number of piperidine rings is 1. The molecular weight excluding hydrogens is 242 g/mol. The monoisotopic (exact) mass is 261 g/mol. The molecule has 102 valence electrons. The van der Waals surface area contributed by atoms with E-state index in [9.17, 15) is 4.79 Å². The van der Waals surface area contributed by atoms with E-state index >= 15 is 0 Å². The molecule has 5 heteroatoms. The summed E-state index contributed by atoms with van der Waals surface area (Å²) in [5.41, 5.74) is 6.47. The van der Waals surface area contributed by atoms with E-state index in [-0.39, 0.29) is 11.7 Å². The molecule has 5 nitrogen and oxygen atoms in total. The number of hydrogen-bond donors (Lipinski definition) is 2. The van der Waals surface area contributed by atoms with Gasteiger partial charge in [-0.1, -0.05) is 35.5 Å². The Hall–Kier alpha value is -2.04. The molecule has 1 saturated heterocycles. The van der Waals surface area contributed by atoms with E-state index in [0.29, 0.717) is 0 Å². The van der Waals surface area contributed by atoms with Crippen LogP contribution in [-0.4, -0.2) is 34.9 Å². The van der Waals surface area contributed by atoms with E-state index in [1.165, 1.54) is 0 Å². The first-order valence-corrected chi connectivity index (χ1v) is 6.55. The second-order valence-electron chi connectivity index (χ2n) is 4.75. The molecule has 1 aromatic carbocycles. The molecule has 0 radical (unpaired) electrons. The summed E-state index contributed by atoms with van der Waals surface area (Å²) in [4.78, 5) is 14.4. The molecule has 1 aromatic rings. The number of nitrogens with two attached hydrogens (primary N) is 1. The van der Waals surface area contributed by atoms with Crippen molar-refractivity contribution in [1.82, 2.24) is 4.90 Å². The number of likely N-dealkylation sites (tertiary alicyclic amines) is 1. The average Bonchev–Trinajstić information content (AvgIpc) is 2.49. The van der Waals surface area contributed by atoms with Gasteiger partial charge < -0.3 is 15.8 Å². The highest BCUT2D eigenvalue weighted by molar-refractivity contribution is 6.07. The quantitative estimate of drug-likeness (QED) is 0.375. The Morgan fingerprint density at radius 2 is 1.84 bits per heavy atom. The molecule has 3 N–H and O–H groups in total. The van der Waals surface area contributed by atoms with Crippen LogP contribution in [0.25, 0.3) is 0 Å². The van der Waals surface area contributed by atoms with Gasteiger partial charge in [-0.25, -0.2) is 0 Å². The lowest BCUT2D eigenvalue weighted by atomic mass is 9.95. The Morgan fingerprint density at radius 1 is 1.21 bits per heavy atom. The fourth-order valence-electron chi connectivity index (χ4n) is 2.44. The lowest BCUT2D eigenvalue weighted by Gasteiger charge is -2.30. The van der Waals surface area contributed by atoms with Crippen LogP contribution in [0.15, 0.2) is 35.5 Å². The van der Waals surface area contributed by atoms with E-state index in [4.69, 9.17) is 10.9 Å². The minimum atomic E-state index is -0.690. The molecule has 1 atom stereocenters. The summed E-state index contributed by atoms with van der Waals surface area (Å²) >= 11 is 0. The van der Waals surface area contributed by atoms with Crippen LogP contribution in [0.4, 0.5) is 0 Å². The largest absolute Gasteiger partial charge is 0.409 e. The first-order valence-electron chi connectivity index (χ1n) is 6.55. The maximum Gasteiger partial charge on any atom is 0.237 e. The highest BCUT2D eigenvalue weighted by atomic mass is 16.4. The molecule has 0 aliphatic carbocycles. The zero-order valence-corrected chi connectivity index (χ0v) is 10.8. The SMILES string of the molecule is NC(=NO)C(C(=O)N1CCCCC1)c1ccccc1. The predicted molar refractivity (Wildman–Crippen MR) is 73.0 cm³/mol. The second-order valence-corrected chi connectivity index (χ2v) is 4.75. The molecule has 0 saturated carbocycles. The van der Waals surface area contributed by atoms with Gasteiger partial charge in [0, 0.05) is 13.1 Å².